The summed E-state index contributed by atoms with van der Waals surface area (Å²) < 4.78 is 11.3. The Kier molecular flexibility index (Phi) is 8.76. The van der Waals surface area contributed by atoms with E-state index in [1.54, 1.807) is 23.0 Å². The lowest BCUT2D eigenvalue weighted by Gasteiger charge is -2.24. The molecule has 0 saturated carbocycles. The molecule has 1 aromatic carbocycles. The first kappa shape index (κ1) is 27.2. The highest BCUT2D eigenvalue weighted by Crippen LogP contribution is 2.29. The molecule has 1 aliphatic rings. The third-order valence-electron chi connectivity index (χ3n) is 6.08. The van der Waals surface area contributed by atoms with Gasteiger partial charge in [-0.3, -0.25) is 4.79 Å². The summed E-state index contributed by atoms with van der Waals surface area (Å²) in [6.45, 7) is 11.8. The van der Waals surface area contributed by atoms with Crippen LogP contribution in [-0.4, -0.2) is 72.8 Å². The Morgan fingerprint density at radius 2 is 2.00 bits per heavy atom. The summed E-state index contributed by atoms with van der Waals surface area (Å²) in [6.07, 6.45) is 2.89. The minimum absolute atomic E-state index is 0.124. The van der Waals surface area contributed by atoms with Gasteiger partial charge in [-0.15, -0.1) is 0 Å². The lowest BCUT2D eigenvalue weighted by Crippen LogP contribution is -2.35. The van der Waals surface area contributed by atoms with Gasteiger partial charge >= 0.3 is 6.09 Å². The zero-order chi connectivity index (χ0) is 26.5. The van der Waals surface area contributed by atoms with Crippen molar-refractivity contribution >= 4 is 23.5 Å². The second-order valence-electron chi connectivity index (χ2n) is 10.3. The van der Waals surface area contributed by atoms with E-state index in [4.69, 9.17) is 14.5 Å². The Morgan fingerprint density at radius 1 is 1.25 bits per heavy atom. The number of ether oxygens (including phenoxy) is 2. The molecule has 1 aromatic heterocycles. The Balaban J connectivity index is 1.65. The van der Waals surface area contributed by atoms with Crippen LogP contribution in [0.3, 0.4) is 0 Å². The summed E-state index contributed by atoms with van der Waals surface area (Å²) in [5.41, 5.74) is 0.735. The van der Waals surface area contributed by atoms with Crippen LogP contribution in [0.15, 0.2) is 30.5 Å². The molecule has 36 heavy (non-hydrogen) atoms. The van der Waals surface area contributed by atoms with Crippen molar-refractivity contribution in [3.63, 3.8) is 0 Å². The van der Waals surface area contributed by atoms with E-state index in [0.29, 0.717) is 49.8 Å². The van der Waals surface area contributed by atoms with Crippen molar-refractivity contribution in [1.82, 2.24) is 14.9 Å². The normalized spacial score (nSPS) is 14.7. The standard InChI is InChI=1S/C27H39N5O4/c1-8-19(2)23-28-18-22-24(29-23)30(6)14-15-32(25(22)33)20-11-9-12-21(17-20)35-16-10-13-31(7)26(34)36-27(3,4)5/h9,11-12,17-19H,8,10,13-16H2,1-7H3. The van der Waals surface area contributed by atoms with Crippen molar-refractivity contribution in [1.29, 1.82) is 0 Å². The topological polar surface area (TPSA) is 88.1 Å². The van der Waals surface area contributed by atoms with Gasteiger partial charge in [0, 0.05) is 57.6 Å². The van der Waals surface area contributed by atoms with Gasteiger partial charge in [0.1, 0.15) is 28.6 Å². The maximum absolute atomic E-state index is 13.5. The molecule has 2 heterocycles. The molecule has 1 unspecified atom stereocenters. The van der Waals surface area contributed by atoms with Crippen LogP contribution < -0.4 is 14.5 Å². The molecule has 0 N–H and O–H groups in total. The van der Waals surface area contributed by atoms with Crippen molar-refractivity contribution in [2.75, 3.05) is 50.1 Å². The van der Waals surface area contributed by atoms with Crippen LogP contribution in [0.4, 0.5) is 16.3 Å². The van der Waals surface area contributed by atoms with Crippen LogP contribution in [0.1, 0.15) is 69.6 Å². The van der Waals surface area contributed by atoms with Gasteiger partial charge in [-0.25, -0.2) is 14.8 Å². The number of anilines is 2. The minimum Gasteiger partial charge on any atom is -0.493 e. The fourth-order valence-electron chi connectivity index (χ4n) is 3.76. The Bertz CT molecular complexity index is 1070. The van der Waals surface area contributed by atoms with Crippen molar-refractivity contribution in [2.45, 2.75) is 59.0 Å². The van der Waals surface area contributed by atoms with Crippen LogP contribution in [0.25, 0.3) is 0 Å². The second kappa shape index (κ2) is 11.6. The Labute approximate surface area is 214 Å². The Morgan fingerprint density at radius 3 is 2.69 bits per heavy atom. The van der Waals surface area contributed by atoms with Gasteiger partial charge in [-0.2, -0.15) is 0 Å². The molecule has 0 bridgehead atoms. The summed E-state index contributed by atoms with van der Waals surface area (Å²) in [7, 11) is 3.67. The van der Waals surface area contributed by atoms with E-state index in [9.17, 15) is 9.59 Å². The molecule has 0 saturated heterocycles. The second-order valence-corrected chi connectivity index (χ2v) is 10.3. The number of likely N-dealkylation sites (N-methyl/N-ethyl adjacent to an activating group) is 1. The van der Waals surface area contributed by atoms with Gasteiger partial charge in [0.2, 0.25) is 0 Å². The maximum Gasteiger partial charge on any atom is 0.410 e. The highest BCUT2D eigenvalue weighted by molar-refractivity contribution is 6.09. The summed E-state index contributed by atoms with van der Waals surface area (Å²) in [6, 6.07) is 7.52. The maximum atomic E-state index is 13.5. The zero-order valence-electron chi connectivity index (χ0n) is 22.6. The van der Waals surface area contributed by atoms with Crippen LogP contribution in [0, 0.1) is 0 Å². The number of fused-ring (bicyclic) bond motifs is 1. The number of hydrogen-bond acceptors (Lipinski definition) is 7. The van der Waals surface area contributed by atoms with Crippen LogP contribution in [0.2, 0.25) is 0 Å². The molecule has 196 valence electrons. The van der Waals surface area contributed by atoms with Crippen LogP contribution in [-0.2, 0) is 4.74 Å². The largest absolute Gasteiger partial charge is 0.493 e. The SMILES string of the molecule is CCC(C)c1ncc2c(n1)N(C)CCN(c1cccc(OCCCN(C)C(=O)OC(C)(C)C)c1)C2=O. The smallest absolute Gasteiger partial charge is 0.410 e. The fraction of sp³-hybridized carbons (Fsp3) is 0.556. The lowest BCUT2D eigenvalue weighted by molar-refractivity contribution is 0.0292. The molecule has 2 amide bonds. The number of nitrogens with zero attached hydrogens (tertiary/aromatic N) is 5. The van der Waals surface area contributed by atoms with E-state index in [-0.39, 0.29) is 17.9 Å². The van der Waals surface area contributed by atoms with E-state index in [1.807, 2.05) is 57.0 Å². The van der Waals surface area contributed by atoms with E-state index in [1.165, 1.54) is 0 Å². The third-order valence-corrected chi connectivity index (χ3v) is 6.08. The first-order chi connectivity index (χ1) is 17.0. The summed E-state index contributed by atoms with van der Waals surface area (Å²) >= 11 is 0. The summed E-state index contributed by atoms with van der Waals surface area (Å²) in [5.74, 6) is 2.21. The quantitative estimate of drug-likeness (QED) is 0.488. The first-order valence-electron chi connectivity index (χ1n) is 12.6. The van der Waals surface area contributed by atoms with Crippen molar-refractivity contribution in [3.8, 4) is 5.75 Å². The van der Waals surface area contributed by atoms with E-state index >= 15 is 0 Å². The molecule has 0 spiro atoms. The summed E-state index contributed by atoms with van der Waals surface area (Å²) in [4.78, 5) is 40.1. The highest BCUT2D eigenvalue weighted by atomic mass is 16.6. The molecule has 3 rings (SSSR count). The van der Waals surface area contributed by atoms with Gasteiger partial charge in [0.25, 0.3) is 5.91 Å². The number of hydrogen-bond donors (Lipinski definition) is 0. The van der Waals surface area contributed by atoms with Crippen LogP contribution in [0.5, 0.6) is 5.75 Å². The third kappa shape index (κ3) is 6.86. The average Bonchev–Trinajstić information content (AvgIpc) is 2.96. The van der Waals surface area contributed by atoms with Crippen LogP contribution >= 0.6 is 0 Å². The predicted octanol–water partition coefficient (Wildman–Crippen LogP) is 4.72. The van der Waals surface area contributed by atoms with Gasteiger partial charge < -0.3 is 24.2 Å². The lowest BCUT2D eigenvalue weighted by atomic mass is 10.1. The first-order valence-corrected chi connectivity index (χ1v) is 12.6. The minimum atomic E-state index is -0.523. The number of carbonyl (C=O) groups is 2. The number of aromatic nitrogens is 2. The molecule has 9 heteroatoms. The predicted molar refractivity (Wildman–Crippen MR) is 141 cm³/mol. The van der Waals surface area contributed by atoms with Crippen molar-refractivity contribution < 1.29 is 19.1 Å². The van der Waals surface area contributed by atoms with Gasteiger partial charge in [-0.1, -0.05) is 19.9 Å². The molecule has 0 radical (unpaired) electrons. The monoisotopic (exact) mass is 497 g/mol. The molecule has 2 aromatic rings. The summed E-state index contributed by atoms with van der Waals surface area (Å²) in [5, 5.41) is 0. The molecule has 0 aliphatic carbocycles. The molecule has 0 fully saturated rings. The van der Waals surface area contributed by atoms with E-state index in [2.05, 4.69) is 18.8 Å². The molecule has 1 atom stereocenters. The Hall–Kier alpha value is -3.36. The van der Waals surface area contributed by atoms with E-state index < -0.39 is 5.60 Å². The number of benzene rings is 1. The number of rotatable bonds is 8. The molecular weight excluding hydrogens is 458 g/mol. The molecule has 1 aliphatic heterocycles. The van der Waals surface area contributed by atoms with Crippen molar-refractivity contribution in [2.24, 2.45) is 0 Å². The number of amides is 2. The fourth-order valence-corrected chi connectivity index (χ4v) is 3.76. The average molecular weight is 498 g/mol. The van der Waals surface area contributed by atoms with Crippen molar-refractivity contribution in [3.05, 3.63) is 41.9 Å². The van der Waals surface area contributed by atoms with Gasteiger partial charge in [0.05, 0.1) is 6.61 Å². The molecular formula is C27H39N5O4. The zero-order valence-corrected chi connectivity index (χ0v) is 22.6. The number of carbonyl (C=O) groups excluding carboxylic acids is 2. The van der Waals surface area contributed by atoms with Gasteiger partial charge in [0.15, 0.2) is 0 Å². The van der Waals surface area contributed by atoms with E-state index in [0.717, 1.165) is 17.9 Å². The van der Waals surface area contributed by atoms with Gasteiger partial charge in [-0.05, 0) is 45.7 Å². The molecule has 9 nitrogen and oxygen atoms in total. The highest BCUT2D eigenvalue weighted by Gasteiger charge is 2.28.